The summed E-state index contributed by atoms with van der Waals surface area (Å²) in [4.78, 5) is 3.27. The molecule has 2 aromatic rings. The minimum Gasteiger partial charge on any atom is -0.220 e. The van der Waals surface area contributed by atoms with Gasteiger partial charge in [0.2, 0.25) is 0 Å². The maximum atomic E-state index is 12.4. The quantitative estimate of drug-likeness (QED) is 0.809. The normalized spacial score (nSPS) is 11.8. The smallest absolute Gasteiger partial charge is 0.220 e. The van der Waals surface area contributed by atoms with E-state index in [-0.39, 0.29) is 0 Å². The Labute approximate surface area is 95.9 Å². The molecule has 0 amide bonds. The van der Waals surface area contributed by atoms with E-state index in [4.69, 9.17) is 0 Å². The van der Waals surface area contributed by atoms with Gasteiger partial charge >= 0.3 is 6.18 Å². The van der Waals surface area contributed by atoms with Crippen molar-refractivity contribution in [3.63, 3.8) is 0 Å². The van der Waals surface area contributed by atoms with Gasteiger partial charge in [-0.2, -0.15) is 13.2 Å². The average molecular weight is 241 g/mol. The highest BCUT2D eigenvalue weighted by Gasteiger charge is 2.35. The van der Waals surface area contributed by atoms with Crippen LogP contribution in [0, 0.1) is 0 Å². The van der Waals surface area contributed by atoms with E-state index in [1.165, 1.54) is 0 Å². The van der Waals surface area contributed by atoms with Crippen molar-refractivity contribution in [1.82, 2.24) is 14.8 Å². The third-order valence-electron chi connectivity index (χ3n) is 2.36. The molecule has 0 aliphatic heterocycles. The number of halogens is 3. The molecular weight excluding hydrogens is 231 g/mol. The fourth-order valence-electron chi connectivity index (χ4n) is 1.54. The van der Waals surface area contributed by atoms with Crippen molar-refractivity contribution in [3.05, 3.63) is 42.0 Å². The molecule has 0 aliphatic carbocycles. The standard InChI is InChI=1S/C11H10F3N3/c1-2-8-5-3-4-6-9(8)17-7-15-10(16-17)11(12,13)14/h3-7H,2H2,1H3. The van der Waals surface area contributed by atoms with Gasteiger partial charge in [-0.05, 0) is 18.1 Å². The molecule has 0 saturated heterocycles. The van der Waals surface area contributed by atoms with Crippen LogP contribution in [0.1, 0.15) is 18.3 Å². The van der Waals surface area contributed by atoms with E-state index in [2.05, 4.69) is 10.1 Å². The summed E-state index contributed by atoms with van der Waals surface area (Å²) in [5, 5.41) is 3.44. The Morgan fingerprint density at radius 3 is 2.53 bits per heavy atom. The molecule has 1 heterocycles. The molecular formula is C11H10F3N3. The van der Waals surface area contributed by atoms with Crippen LogP contribution in [0.3, 0.4) is 0 Å². The minimum atomic E-state index is -4.51. The lowest BCUT2D eigenvalue weighted by molar-refractivity contribution is -0.144. The van der Waals surface area contributed by atoms with Crippen LogP contribution in [0.15, 0.2) is 30.6 Å². The van der Waals surface area contributed by atoms with Gasteiger partial charge in [0.05, 0.1) is 5.69 Å². The maximum absolute atomic E-state index is 12.4. The van der Waals surface area contributed by atoms with Crippen LogP contribution in [-0.4, -0.2) is 14.8 Å². The molecule has 0 radical (unpaired) electrons. The second-order valence-corrected chi connectivity index (χ2v) is 3.49. The van der Waals surface area contributed by atoms with E-state index < -0.39 is 12.0 Å². The monoisotopic (exact) mass is 241 g/mol. The molecule has 0 spiro atoms. The van der Waals surface area contributed by atoms with Gasteiger partial charge in [0.1, 0.15) is 6.33 Å². The van der Waals surface area contributed by atoms with Gasteiger partial charge in [0, 0.05) is 0 Å². The van der Waals surface area contributed by atoms with Gasteiger partial charge in [-0.15, -0.1) is 5.10 Å². The largest absolute Gasteiger partial charge is 0.453 e. The summed E-state index contributed by atoms with van der Waals surface area (Å²) >= 11 is 0. The topological polar surface area (TPSA) is 30.7 Å². The molecule has 0 N–H and O–H groups in total. The van der Waals surface area contributed by atoms with Gasteiger partial charge < -0.3 is 0 Å². The zero-order valence-electron chi connectivity index (χ0n) is 9.07. The number of hydrogen-bond acceptors (Lipinski definition) is 2. The van der Waals surface area contributed by atoms with Gasteiger partial charge in [-0.3, -0.25) is 0 Å². The lowest BCUT2D eigenvalue weighted by Gasteiger charge is -2.06. The predicted molar refractivity (Wildman–Crippen MR) is 55.7 cm³/mol. The number of para-hydroxylation sites is 1. The predicted octanol–water partition coefficient (Wildman–Crippen LogP) is 2.85. The summed E-state index contributed by atoms with van der Waals surface area (Å²) in [6.45, 7) is 1.93. The Morgan fingerprint density at radius 1 is 1.24 bits per heavy atom. The molecule has 0 saturated carbocycles. The first-order chi connectivity index (χ1) is 8.02. The Kier molecular flexibility index (Phi) is 2.87. The molecule has 0 fully saturated rings. The molecule has 2 rings (SSSR count). The van der Waals surface area contributed by atoms with Crippen LogP contribution >= 0.6 is 0 Å². The first-order valence-electron chi connectivity index (χ1n) is 5.09. The van der Waals surface area contributed by atoms with E-state index in [9.17, 15) is 13.2 Å². The van der Waals surface area contributed by atoms with E-state index in [1.54, 1.807) is 12.1 Å². The summed E-state index contributed by atoms with van der Waals surface area (Å²) in [6.07, 6.45) is -2.71. The molecule has 3 nitrogen and oxygen atoms in total. The number of benzene rings is 1. The molecule has 0 bridgehead atoms. The van der Waals surface area contributed by atoms with Crippen LogP contribution in [0.2, 0.25) is 0 Å². The van der Waals surface area contributed by atoms with E-state index >= 15 is 0 Å². The Balaban J connectivity index is 2.44. The van der Waals surface area contributed by atoms with Crippen LogP contribution in [0.5, 0.6) is 0 Å². The SMILES string of the molecule is CCc1ccccc1-n1cnc(C(F)(F)F)n1. The van der Waals surface area contributed by atoms with E-state index in [1.807, 2.05) is 19.1 Å². The number of aromatic nitrogens is 3. The molecule has 0 atom stereocenters. The van der Waals surface area contributed by atoms with Gasteiger partial charge in [0.25, 0.3) is 5.82 Å². The highest BCUT2D eigenvalue weighted by Crippen LogP contribution is 2.26. The third kappa shape index (κ3) is 2.30. The van der Waals surface area contributed by atoms with Crippen LogP contribution in [0.4, 0.5) is 13.2 Å². The van der Waals surface area contributed by atoms with Crippen molar-refractivity contribution in [2.45, 2.75) is 19.5 Å². The molecule has 6 heteroatoms. The van der Waals surface area contributed by atoms with Gasteiger partial charge in [-0.1, -0.05) is 25.1 Å². The minimum absolute atomic E-state index is 0.623. The summed E-state index contributed by atoms with van der Waals surface area (Å²) < 4.78 is 38.2. The van der Waals surface area contributed by atoms with E-state index in [0.717, 1.165) is 23.0 Å². The zero-order valence-corrected chi connectivity index (χ0v) is 9.07. The summed E-state index contributed by atoms with van der Waals surface area (Å²) in [5.74, 6) is -1.12. The van der Waals surface area contributed by atoms with Crippen molar-refractivity contribution in [2.24, 2.45) is 0 Å². The number of aryl methyl sites for hydroxylation is 1. The maximum Gasteiger partial charge on any atom is 0.453 e. The number of hydrogen-bond donors (Lipinski definition) is 0. The van der Waals surface area contributed by atoms with Crippen molar-refractivity contribution < 1.29 is 13.2 Å². The van der Waals surface area contributed by atoms with Crippen LogP contribution in [0.25, 0.3) is 5.69 Å². The molecule has 1 aromatic heterocycles. The van der Waals surface area contributed by atoms with Gasteiger partial charge in [0.15, 0.2) is 0 Å². The second-order valence-electron chi connectivity index (χ2n) is 3.49. The lowest BCUT2D eigenvalue weighted by Crippen LogP contribution is -2.09. The summed E-state index contributed by atoms with van der Waals surface area (Å²) in [7, 11) is 0. The molecule has 1 aromatic carbocycles. The third-order valence-corrected chi connectivity index (χ3v) is 2.36. The molecule has 90 valence electrons. The zero-order chi connectivity index (χ0) is 12.5. The number of rotatable bonds is 2. The Hall–Kier alpha value is -1.85. The lowest BCUT2D eigenvalue weighted by atomic mass is 10.1. The van der Waals surface area contributed by atoms with Crippen molar-refractivity contribution >= 4 is 0 Å². The fraction of sp³-hybridized carbons (Fsp3) is 0.273. The highest BCUT2D eigenvalue weighted by molar-refractivity contribution is 5.39. The van der Waals surface area contributed by atoms with E-state index in [0.29, 0.717) is 5.69 Å². The summed E-state index contributed by atoms with van der Waals surface area (Å²) in [5.41, 5.74) is 1.55. The van der Waals surface area contributed by atoms with Crippen molar-refractivity contribution in [3.8, 4) is 5.69 Å². The first kappa shape index (κ1) is 11.6. The molecule has 17 heavy (non-hydrogen) atoms. The number of alkyl halides is 3. The van der Waals surface area contributed by atoms with Gasteiger partial charge in [-0.25, -0.2) is 9.67 Å². The second kappa shape index (κ2) is 4.20. The number of nitrogens with zero attached hydrogens (tertiary/aromatic N) is 3. The van der Waals surface area contributed by atoms with Crippen LogP contribution in [-0.2, 0) is 12.6 Å². The Morgan fingerprint density at radius 2 is 1.94 bits per heavy atom. The van der Waals surface area contributed by atoms with Crippen LogP contribution < -0.4 is 0 Å². The fourth-order valence-corrected chi connectivity index (χ4v) is 1.54. The van der Waals surface area contributed by atoms with Crippen molar-refractivity contribution in [1.29, 1.82) is 0 Å². The molecule has 0 aliphatic rings. The van der Waals surface area contributed by atoms with Crippen molar-refractivity contribution in [2.75, 3.05) is 0 Å². The summed E-state index contributed by atoms with van der Waals surface area (Å²) in [6, 6.07) is 7.16. The Bertz CT molecular complexity index is 517. The first-order valence-corrected chi connectivity index (χ1v) is 5.09. The highest BCUT2D eigenvalue weighted by atomic mass is 19.4. The molecule has 0 unspecified atom stereocenters. The average Bonchev–Trinajstić information content (AvgIpc) is 2.77.